The van der Waals surface area contributed by atoms with Gasteiger partial charge in [-0.2, -0.15) is 0 Å². The number of aryl methyl sites for hydroxylation is 1. The summed E-state index contributed by atoms with van der Waals surface area (Å²) in [6, 6.07) is 23.8. The van der Waals surface area contributed by atoms with Crippen molar-refractivity contribution in [2.45, 2.75) is 6.92 Å². The molecule has 0 radical (unpaired) electrons. The number of furan rings is 1. The van der Waals surface area contributed by atoms with Crippen molar-refractivity contribution < 1.29 is 14.0 Å². The topological polar surface area (TPSA) is 77.8 Å². The monoisotopic (exact) mass is 592 g/mol. The van der Waals surface area contributed by atoms with Gasteiger partial charge in [0.1, 0.15) is 5.76 Å². The number of nitrogens with zero attached hydrogens (tertiary/aromatic N) is 2. The molecule has 0 unspecified atom stereocenters. The summed E-state index contributed by atoms with van der Waals surface area (Å²) >= 11 is 17.7. The fourth-order valence-electron chi connectivity index (χ4n) is 4.43. The van der Waals surface area contributed by atoms with Gasteiger partial charge in [0, 0.05) is 48.7 Å². The van der Waals surface area contributed by atoms with E-state index >= 15 is 0 Å². The molecule has 40 heavy (non-hydrogen) atoms. The fourth-order valence-corrected chi connectivity index (χ4v) is 5.03. The first kappa shape index (κ1) is 27.7. The number of carbonyl (C=O) groups is 2. The number of halogens is 2. The maximum absolute atomic E-state index is 12.8. The lowest BCUT2D eigenvalue weighted by Crippen LogP contribution is -2.48. The van der Waals surface area contributed by atoms with Crippen LogP contribution in [-0.2, 0) is 0 Å². The first-order valence-corrected chi connectivity index (χ1v) is 13.8. The minimum atomic E-state index is -0.489. The van der Waals surface area contributed by atoms with Gasteiger partial charge in [-0.1, -0.05) is 47.0 Å². The molecule has 0 saturated carbocycles. The predicted molar refractivity (Wildman–Crippen MR) is 164 cm³/mol. The quantitative estimate of drug-likeness (QED) is 0.253. The second-order valence-corrected chi connectivity index (χ2v) is 10.6. The number of anilines is 2. The van der Waals surface area contributed by atoms with E-state index in [-0.39, 0.29) is 16.8 Å². The summed E-state index contributed by atoms with van der Waals surface area (Å²) < 4.78 is 5.68. The van der Waals surface area contributed by atoms with Gasteiger partial charge in [0.2, 0.25) is 0 Å². The van der Waals surface area contributed by atoms with E-state index in [0.717, 1.165) is 35.6 Å². The molecule has 4 aromatic rings. The highest BCUT2D eigenvalue weighted by molar-refractivity contribution is 7.80. The third-order valence-electron chi connectivity index (χ3n) is 6.63. The maximum Gasteiger partial charge on any atom is 0.293 e. The number of hydrogen-bond acceptors (Lipinski definition) is 5. The van der Waals surface area contributed by atoms with Gasteiger partial charge in [-0.05, 0) is 79.8 Å². The van der Waals surface area contributed by atoms with Crippen LogP contribution in [0.1, 0.15) is 26.5 Å². The summed E-state index contributed by atoms with van der Waals surface area (Å²) in [6.45, 7) is 4.80. The minimum absolute atomic E-state index is 0.0637. The average Bonchev–Trinajstić information content (AvgIpc) is 3.45. The summed E-state index contributed by atoms with van der Waals surface area (Å²) in [4.78, 5) is 29.6. The van der Waals surface area contributed by atoms with E-state index in [4.69, 9.17) is 39.8 Å². The second-order valence-electron chi connectivity index (χ2n) is 9.37. The van der Waals surface area contributed by atoms with E-state index < -0.39 is 5.91 Å². The van der Waals surface area contributed by atoms with Gasteiger partial charge in [-0.15, -0.1) is 0 Å². The molecule has 3 aromatic carbocycles. The largest absolute Gasteiger partial charge is 0.451 e. The molecule has 1 aromatic heterocycles. The van der Waals surface area contributed by atoms with E-state index in [1.54, 1.807) is 30.3 Å². The highest BCUT2D eigenvalue weighted by Gasteiger charge is 2.22. The third-order valence-corrected chi connectivity index (χ3v) is 7.65. The molecule has 2 N–H and O–H groups in total. The van der Waals surface area contributed by atoms with Crippen molar-refractivity contribution in [1.29, 1.82) is 0 Å². The van der Waals surface area contributed by atoms with Crippen molar-refractivity contribution in [3.05, 3.63) is 106 Å². The number of benzene rings is 3. The van der Waals surface area contributed by atoms with E-state index in [0.29, 0.717) is 34.5 Å². The van der Waals surface area contributed by atoms with E-state index in [2.05, 4.69) is 15.5 Å². The molecule has 10 heteroatoms. The van der Waals surface area contributed by atoms with Gasteiger partial charge in [-0.25, -0.2) is 0 Å². The van der Waals surface area contributed by atoms with E-state index in [1.807, 2.05) is 60.4 Å². The number of carbonyl (C=O) groups excluding carboxylic acids is 2. The Bertz CT molecular complexity index is 1550. The number of rotatable bonds is 5. The van der Waals surface area contributed by atoms with Gasteiger partial charge < -0.3 is 19.5 Å². The van der Waals surface area contributed by atoms with Crippen LogP contribution < -0.4 is 15.5 Å². The maximum atomic E-state index is 12.8. The normalized spacial score (nSPS) is 13.2. The highest BCUT2D eigenvalue weighted by atomic mass is 35.5. The van der Waals surface area contributed by atoms with Crippen molar-refractivity contribution in [2.24, 2.45) is 0 Å². The third kappa shape index (κ3) is 6.31. The summed E-state index contributed by atoms with van der Waals surface area (Å²) in [7, 11) is 0. The van der Waals surface area contributed by atoms with Crippen LogP contribution in [-0.4, -0.2) is 48.0 Å². The first-order chi connectivity index (χ1) is 19.3. The van der Waals surface area contributed by atoms with Crippen molar-refractivity contribution >= 4 is 63.7 Å². The fraction of sp³-hybridized carbons (Fsp3) is 0.167. The second kappa shape index (κ2) is 12.1. The summed E-state index contributed by atoms with van der Waals surface area (Å²) in [5.41, 5.74) is 4.22. The highest BCUT2D eigenvalue weighted by Crippen LogP contribution is 2.34. The van der Waals surface area contributed by atoms with Crippen LogP contribution in [0.2, 0.25) is 10.0 Å². The van der Waals surface area contributed by atoms with Crippen molar-refractivity contribution in [2.75, 3.05) is 36.4 Å². The van der Waals surface area contributed by atoms with Gasteiger partial charge in [0.25, 0.3) is 11.8 Å². The molecule has 1 saturated heterocycles. The van der Waals surface area contributed by atoms with Gasteiger partial charge in [0.05, 0.1) is 10.0 Å². The summed E-state index contributed by atoms with van der Waals surface area (Å²) in [5.74, 6) is 0.0865. The standard InChI is InChI=1S/C30H26Cl2N4O3S/c1-19-5-7-20(8-6-19)29(38)36-17-15-35(16-18-36)22-11-9-21(10-12-22)33-30(40)34-28(37)26-14-13-25(39-26)23-3-2-4-24(31)27(23)32/h2-14H,15-18H2,1H3,(H2,33,34,37,40). The average molecular weight is 594 g/mol. The Balaban J connectivity index is 1.12. The summed E-state index contributed by atoms with van der Waals surface area (Å²) in [5, 5.41) is 6.53. The van der Waals surface area contributed by atoms with Crippen molar-refractivity contribution in [3.8, 4) is 11.3 Å². The van der Waals surface area contributed by atoms with Crippen LogP contribution in [0.5, 0.6) is 0 Å². The molecule has 2 amide bonds. The van der Waals surface area contributed by atoms with Crippen LogP contribution in [0, 0.1) is 6.92 Å². The zero-order valence-electron chi connectivity index (χ0n) is 21.6. The van der Waals surface area contributed by atoms with Crippen molar-refractivity contribution in [3.63, 3.8) is 0 Å². The van der Waals surface area contributed by atoms with E-state index in [1.165, 1.54) is 0 Å². The van der Waals surface area contributed by atoms with Crippen LogP contribution in [0.3, 0.4) is 0 Å². The lowest BCUT2D eigenvalue weighted by molar-refractivity contribution is 0.0746. The Labute approximate surface area is 247 Å². The molecule has 1 aliphatic heterocycles. The minimum Gasteiger partial charge on any atom is -0.451 e. The lowest BCUT2D eigenvalue weighted by atomic mass is 10.1. The SMILES string of the molecule is Cc1ccc(C(=O)N2CCN(c3ccc(NC(=S)NC(=O)c4ccc(-c5cccc(Cl)c5Cl)o4)cc3)CC2)cc1. The van der Waals surface area contributed by atoms with Crippen LogP contribution in [0.25, 0.3) is 11.3 Å². The molecule has 0 bridgehead atoms. The molecular formula is C30H26Cl2N4O3S. The van der Waals surface area contributed by atoms with Crippen LogP contribution in [0.15, 0.2) is 83.3 Å². The Kier molecular flexibility index (Phi) is 8.40. The molecule has 0 aliphatic carbocycles. The van der Waals surface area contributed by atoms with Gasteiger partial charge in [-0.3, -0.25) is 14.9 Å². The first-order valence-electron chi connectivity index (χ1n) is 12.7. The zero-order valence-corrected chi connectivity index (χ0v) is 23.9. The molecule has 2 heterocycles. The number of nitrogens with one attached hydrogen (secondary N) is 2. The van der Waals surface area contributed by atoms with E-state index in [9.17, 15) is 9.59 Å². The number of piperazine rings is 1. The van der Waals surface area contributed by atoms with Crippen LogP contribution in [0.4, 0.5) is 11.4 Å². The Morgan fingerprint density at radius 2 is 1.57 bits per heavy atom. The van der Waals surface area contributed by atoms with Gasteiger partial charge in [0.15, 0.2) is 10.9 Å². The Morgan fingerprint density at radius 1 is 0.875 bits per heavy atom. The Hall–Kier alpha value is -3.85. The molecule has 1 fully saturated rings. The zero-order chi connectivity index (χ0) is 28.2. The molecular weight excluding hydrogens is 567 g/mol. The molecule has 5 rings (SSSR count). The predicted octanol–water partition coefficient (Wildman–Crippen LogP) is 6.65. The lowest BCUT2D eigenvalue weighted by Gasteiger charge is -2.36. The van der Waals surface area contributed by atoms with Crippen LogP contribution >= 0.6 is 35.4 Å². The molecule has 1 aliphatic rings. The number of amides is 2. The molecule has 0 atom stereocenters. The number of hydrogen-bond donors (Lipinski definition) is 2. The van der Waals surface area contributed by atoms with Crippen molar-refractivity contribution in [1.82, 2.24) is 10.2 Å². The molecule has 7 nitrogen and oxygen atoms in total. The molecule has 0 spiro atoms. The summed E-state index contributed by atoms with van der Waals surface area (Å²) in [6.07, 6.45) is 0. The molecule has 204 valence electrons. The smallest absolute Gasteiger partial charge is 0.293 e. The van der Waals surface area contributed by atoms with Gasteiger partial charge >= 0.3 is 0 Å². The number of thiocarbonyl (C=S) groups is 1. The Morgan fingerprint density at radius 3 is 2.27 bits per heavy atom.